The van der Waals surface area contributed by atoms with Crippen molar-refractivity contribution in [1.29, 1.82) is 0 Å². The topological polar surface area (TPSA) is 26.7 Å². The zero-order valence-corrected chi connectivity index (χ0v) is 12.0. The number of aliphatic hydroxyl groups excluding tert-OH is 1. The molecule has 0 bridgehead atoms. The third kappa shape index (κ3) is 3.18. The van der Waals surface area contributed by atoms with Crippen LogP contribution in [0.5, 0.6) is 0 Å². The van der Waals surface area contributed by atoms with Crippen molar-refractivity contribution in [2.75, 3.05) is 32.8 Å². The predicted molar refractivity (Wildman–Crippen MR) is 78.2 cm³/mol. The molecule has 102 valence electrons. The fourth-order valence-electron chi connectivity index (χ4n) is 3.09. The van der Waals surface area contributed by atoms with Gasteiger partial charge in [-0.2, -0.15) is 0 Å². The summed E-state index contributed by atoms with van der Waals surface area (Å²) in [5.74, 6) is 5.68. The summed E-state index contributed by atoms with van der Waals surface area (Å²) in [5.41, 5.74) is 1.04. The highest BCUT2D eigenvalue weighted by Gasteiger charge is 2.30. The minimum absolute atomic E-state index is 0.0607. The van der Waals surface area contributed by atoms with Gasteiger partial charge in [0.15, 0.2) is 0 Å². The highest BCUT2D eigenvalue weighted by molar-refractivity contribution is 7.10. The number of hydrogen-bond donors (Lipinski definition) is 1. The zero-order valence-electron chi connectivity index (χ0n) is 11.1. The number of rotatable bonds is 2. The van der Waals surface area contributed by atoms with Gasteiger partial charge in [0.05, 0.1) is 0 Å². The van der Waals surface area contributed by atoms with Crippen molar-refractivity contribution < 1.29 is 5.11 Å². The lowest BCUT2D eigenvalue weighted by atomic mass is 10.1. The molecule has 2 fully saturated rings. The molecule has 2 saturated heterocycles. The summed E-state index contributed by atoms with van der Waals surface area (Å²) in [5, 5.41) is 10.8. The van der Waals surface area contributed by atoms with E-state index in [-0.39, 0.29) is 6.61 Å². The van der Waals surface area contributed by atoms with Gasteiger partial charge in [-0.3, -0.25) is 9.80 Å². The molecule has 3 nitrogen and oxygen atoms in total. The van der Waals surface area contributed by atoms with Gasteiger partial charge in [-0.1, -0.05) is 11.8 Å². The molecule has 0 saturated carbocycles. The molecule has 4 heteroatoms. The van der Waals surface area contributed by atoms with Gasteiger partial charge in [0.1, 0.15) is 6.61 Å². The third-order valence-electron chi connectivity index (χ3n) is 4.02. The van der Waals surface area contributed by atoms with Crippen LogP contribution in [-0.2, 0) is 6.54 Å². The van der Waals surface area contributed by atoms with E-state index in [4.69, 9.17) is 5.11 Å². The van der Waals surface area contributed by atoms with Crippen LogP contribution in [0.15, 0.2) is 11.4 Å². The van der Waals surface area contributed by atoms with Crippen LogP contribution in [0.2, 0.25) is 0 Å². The van der Waals surface area contributed by atoms with Crippen LogP contribution in [0.25, 0.3) is 0 Å². The summed E-state index contributed by atoms with van der Waals surface area (Å²) in [6.45, 7) is 5.93. The Labute approximate surface area is 118 Å². The lowest BCUT2D eigenvalue weighted by molar-refractivity contribution is 0.100. The molecule has 0 amide bonds. The van der Waals surface area contributed by atoms with Crippen molar-refractivity contribution in [3.63, 3.8) is 0 Å². The first-order valence-electron chi connectivity index (χ1n) is 6.99. The Morgan fingerprint density at radius 3 is 3.21 bits per heavy atom. The predicted octanol–water partition coefficient (Wildman–Crippen LogP) is 1.37. The number of aliphatic hydroxyl groups is 1. The van der Waals surface area contributed by atoms with E-state index < -0.39 is 0 Å². The van der Waals surface area contributed by atoms with Crippen molar-refractivity contribution in [1.82, 2.24) is 9.80 Å². The average Bonchev–Trinajstić information content (AvgIpc) is 3.05. The van der Waals surface area contributed by atoms with E-state index in [2.05, 4.69) is 33.1 Å². The molecular formula is C15H20N2OS. The number of hydrogen-bond acceptors (Lipinski definition) is 4. The highest BCUT2D eigenvalue weighted by atomic mass is 32.1. The van der Waals surface area contributed by atoms with Crippen molar-refractivity contribution in [2.24, 2.45) is 0 Å². The quantitative estimate of drug-likeness (QED) is 0.827. The van der Waals surface area contributed by atoms with Crippen molar-refractivity contribution in [3.05, 3.63) is 21.9 Å². The van der Waals surface area contributed by atoms with E-state index >= 15 is 0 Å². The first-order chi connectivity index (χ1) is 9.35. The first kappa shape index (κ1) is 13.1. The van der Waals surface area contributed by atoms with Gasteiger partial charge in [0.25, 0.3) is 0 Å². The number of nitrogens with zero attached hydrogens (tertiary/aromatic N) is 2. The van der Waals surface area contributed by atoms with Crippen LogP contribution >= 0.6 is 11.3 Å². The molecule has 2 aliphatic heterocycles. The van der Waals surface area contributed by atoms with Crippen LogP contribution in [-0.4, -0.2) is 53.7 Å². The molecule has 3 rings (SSSR count). The average molecular weight is 276 g/mol. The van der Waals surface area contributed by atoms with Gasteiger partial charge in [0.2, 0.25) is 0 Å². The highest BCUT2D eigenvalue weighted by Crippen LogP contribution is 2.24. The Hall–Kier alpha value is -0.860. The summed E-state index contributed by atoms with van der Waals surface area (Å²) < 4.78 is 0. The lowest BCUT2D eigenvalue weighted by Gasteiger charge is -2.37. The van der Waals surface area contributed by atoms with Gasteiger partial charge in [-0.05, 0) is 25.5 Å². The lowest BCUT2D eigenvalue weighted by Crippen LogP contribution is -2.49. The van der Waals surface area contributed by atoms with E-state index in [1.807, 2.05) is 0 Å². The van der Waals surface area contributed by atoms with Crippen molar-refractivity contribution >= 4 is 11.3 Å². The standard InChI is InChI=1S/C15H20N2OS/c18-8-2-3-13-9-15(19-12-13)11-16-6-7-17-5-1-4-14(17)10-16/h9,12,14,18H,1,4-8,10-11H2. The summed E-state index contributed by atoms with van der Waals surface area (Å²) >= 11 is 1.78. The fourth-order valence-corrected chi connectivity index (χ4v) is 3.95. The van der Waals surface area contributed by atoms with Crippen LogP contribution < -0.4 is 0 Å². The summed E-state index contributed by atoms with van der Waals surface area (Å²) in [6, 6.07) is 2.95. The normalized spacial score (nSPS) is 23.9. The van der Waals surface area contributed by atoms with Gasteiger partial charge in [-0.15, -0.1) is 11.3 Å². The SMILES string of the molecule is OCC#Cc1csc(CN2CCN3CCCC3C2)c1. The minimum atomic E-state index is -0.0607. The smallest absolute Gasteiger partial charge is 0.104 e. The first-order valence-corrected chi connectivity index (χ1v) is 7.86. The molecule has 1 aromatic rings. The Balaban J connectivity index is 1.57. The Bertz CT molecular complexity index is 488. The molecule has 1 atom stereocenters. The van der Waals surface area contributed by atoms with Gasteiger partial charge >= 0.3 is 0 Å². The van der Waals surface area contributed by atoms with Gasteiger partial charge < -0.3 is 5.11 Å². The maximum Gasteiger partial charge on any atom is 0.104 e. The maximum atomic E-state index is 8.70. The van der Waals surface area contributed by atoms with Crippen LogP contribution in [0, 0.1) is 11.8 Å². The third-order valence-corrected chi connectivity index (χ3v) is 4.94. The molecule has 0 aromatic carbocycles. The van der Waals surface area contributed by atoms with E-state index in [1.54, 1.807) is 11.3 Å². The molecule has 2 aliphatic rings. The summed E-state index contributed by atoms with van der Waals surface area (Å²) in [6.07, 6.45) is 2.74. The van der Waals surface area contributed by atoms with Gasteiger partial charge in [-0.25, -0.2) is 0 Å². The number of fused-ring (bicyclic) bond motifs is 1. The van der Waals surface area contributed by atoms with Crippen LogP contribution in [0.4, 0.5) is 0 Å². The second kappa shape index (κ2) is 6.06. The fraction of sp³-hybridized carbons (Fsp3) is 0.600. The Morgan fingerprint density at radius 1 is 1.37 bits per heavy atom. The number of piperazine rings is 1. The van der Waals surface area contributed by atoms with Crippen LogP contribution in [0.3, 0.4) is 0 Å². The zero-order chi connectivity index (χ0) is 13.1. The Kier molecular flexibility index (Phi) is 4.19. The van der Waals surface area contributed by atoms with E-state index in [9.17, 15) is 0 Å². The summed E-state index contributed by atoms with van der Waals surface area (Å²) in [4.78, 5) is 6.60. The molecule has 0 aliphatic carbocycles. The largest absolute Gasteiger partial charge is 0.384 e. The molecule has 1 aromatic heterocycles. The van der Waals surface area contributed by atoms with Gasteiger partial charge in [0, 0.05) is 48.0 Å². The monoisotopic (exact) mass is 276 g/mol. The summed E-state index contributed by atoms with van der Waals surface area (Å²) in [7, 11) is 0. The van der Waals surface area contributed by atoms with Crippen molar-refractivity contribution in [2.45, 2.75) is 25.4 Å². The van der Waals surface area contributed by atoms with E-state index in [0.717, 1.165) is 18.2 Å². The molecule has 3 heterocycles. The minimum Gasteiger partial charge on any atom is -0.384 e. The Morgan fingerprint density at radius 2 is 2.32 bits per heavy atom. The molecule has 1 N–H and O–H groups in total. The number of thiophene rings is 1. The molecular weight excluding hydrogens is 256 g/mol. The molecule has 0 spiro atoms. The second-order valence-electron chi connectivity index (χ2n) is 5.33. The maximum absolute atomic E-state index is 8.70. The van der Waals surface area contributed by atoms with Crippen LogP contribution in [0.1, 0.15) is 23.3 Å². The molecule has 1 unspecified atom stereocenters. The molecule has 0 radical (unpaired) electrons. The van der Waals surface area contributed by atoms with E-state index in [1.165, 1.54) is 43.9 Å². The van der Waals surface area contributed by atoms with E-state index in [0.29, 0.717) is 0 Å². The molecule has 19 heavy (non-hydrogen) atoms. The van der Waals surface area contributed by atoms with Crippen molar-refractivity contribution in [3.8, 4) is 11.8 Å². The second-order valence-corrected chi connectivity index (χ2v) is 6.32.